The predicted octanol–water partition coefficient (Wildman–Crippen LogP) is 3.65. The summed E-state index contributed by atoms with van der Waals surface area (Å²) in [5, 5.41) is 0. The van der Waals surface area contributed by atoms with Gasteiger partial charge in [0.05, 0.1) is 26.2 Å². The van der Waals surface area contributed by atoms with Crippen molar-refractivity contribution in [2.75, 3.05) is 47.5 Å². The van der Waals surface area contributed by atoms with Gasteiger partial charge in [-0.25, -0.2) is 0 Å². The number of hydrogen-bond acceptors (Lipinski definition) is 7. The van der Waals surface area contributed by atoms with Gasteiger partial charge in [0.15, 0.2) is 11.5 Å². The van der Waals surface area contributed by atoms with Gasteiger partial charge in [0, 0.05) is 18.2 Å². The Hall–Kier alpha value is -1.77. The van der Waals surface area contributed by atoms with Crippen molar-refractivity contribution >= 4 is 40.3 Å². The lowest BCUT2D eigenvalue weighted by Crippen LogP contribution is -2.32. The first-order valence-corrected chi connectivity index (χ1v) is 10.5. The highest BCUT2D eigenvalue weighted by Crippen LogP contribution is 2.39. The Bertz CT molecular complexity index is 748. The summed E-state index contributed by atoms with van der Waals surface area (Å²) in [6, 6.07) is 3.54. The van der Waals surface area contributed by atoms with E-state index in [0.29, 0.717) is 33.0 Å². The Morgan fingerprint density at radius 2 is 1.68 bits per heavy atom. The zero-order valence-corrected chi connectivity index (χ0v) is 18.7. The Balaban J connectivity index is 2.19. The molecule has 154 valence electrons. The molecule has 2 rings (SSSR count). The van der Waals surface area contributed by atoms with Gasteiger partial charge in [-0.1, -0.05) is 37.8 Å². The third kappa shape index (κ3) is 5.18. The highest BCUT2D eigenvalue weighted by molar-refractivity contribution is 8.26. The second-order valence-corrected chi connectivity index (χ2v) is 7.84. The van der Waals surface area contributed by atoms with Crippen LogP contribution in [0.3, 0.4) is 0 Å². The second kappa shape index (κ2) is 10.7. The third-order valence-corrected chi connectivity index (χ3v) is 6.02. The fourth-order valence-electron chi connectivity index (χ4n) is 2.99. The number of thioether (sulfide) groups is 1. The summed E-state index contributed by atoms with van der Waals surface area (Å²) in [4.78, 5) is 17.5. The molecular formula is C20H28N2O4S2. The Kier molecular flexibility index (Phi) is 8.59. The molecule has 0 saturated carbocycles. The van der Waals surface area contributed by atoms with Crippen LogP contribution in [0.25, 0.3) is 6.08 Å². The molecule has 1 saturated heterocycles. The molecule has 0 N–H and O–H groups in total. The van der Waals surface area contributed by atoms with Gasteiger partial charge in [0.25, 0.3) is 5.91 Å². The number of carbonyl (C=O) groups is 1. The van der Waals surface area contributed by atoms with Crippen LogP contribution in [-0.2, 0) is 4.79 Å². The molecule has 0 radical (unpaired) electrons. The molecule has 0 unspecified atom stereocenters. The molecule has 0 aliphatic carbocycles. The molecule has 8 heteroatoms. The summed E-state index contributed by atoms with van der Waals surface area (Å²) in [5.74, 6) is 1.68. The van der Waals surface area contributed by atoms with Crippen LogP contribution in [0.4, 0.5) is 0 Å². The van der Waals surface area contributed by atoms with E-state index in [0.717, 1.165) is 31.6 Å². The first kappa shape index (κ1) is 22.5. The minimum atomic E-state index is -0.0635. The average Bonchev–Trinajstić information content (AvgIpc) is 2.97. The number of nitrogens with zero attached hydrogens (tertiary/aromatic N) is 2. The second-order valence-electron chi connectivity index (χ2n) is 6.16. The molecule has 1 fully saturated rings. The fourth-order valence-corrected chi connectivity index (χ4v) is 4.29. The zero-order valence-electron chi connectivity index (χ0n) is 17.1. The van der Waals surface area contributed by atoms with Crippen LogP contribution in [0.2, 0.25) is 0 Å². The van der Waals surface area contributed by atoms with Gasteiger partial charge in [-0.15, -0.1) is 0 Å². The SMILES string of the molecule is CCN(CC)CCCN1C(=O)C(=Cc2cc(OC)c(OC)cc2OC)SC1=S. The van der Waals surface area contributed by atoms with E-state index >= 15 is 0 Å². The molecule has 28 heavy (non-hydrogen) atoms. The van der Waals surface area contributed by atoms with E-state index in [1.807, 2.05) is 0 Å². The minimum absolute atomic E-state index is 0.0635. The van der Waals surface area contributed by atoms with Crippen molar-refractivity contribution < 1.29 is 19.0 Å². The maximum absolute atomic E-state index is 12.9. The molecule has 6 nitrogen and oxygen atoms in total. The lowest BCUT2D eigenvalue weighted by Gasteiger charge is -2.20. The summed E-state index contributed by atoms with van der Waals surface area (Å²) in [5.41, 5.74) is 0.740. The summed E-state index contributed by atoms with van der Waals surface area (Å²) >= 11 is 6.75. The summed E-state index contributed by atoms with van der Waals surface area (Å²) in [7, 11) is 4.72. The van der Waals surface area contributed by atoms with E-state index in [4.69, 9.17) is 26.4 Å². The van der Waals surface area contributed by atoms with Crippen molar-refractivity contribution in [1.29, 1.82) is 0 Å². The maximum Gasteiger partial charge on any atom is 0.266 e. The zero-order chi connectivity index (χ0) is 20.7. The molecule has 1 aromatic rings. The number of methoxy groups -OCH3 is 3. The highest BCUT2D eigenvalue weighted by Gasteiger charge is 2.32. The number of amides is 1. The molecule has 1 amide bonds. The number of thiocarbonyl (C=S) groups is 1. The minimum Gasteiger partial charge on any atom is -0.496 e. The largest absolute Gasteiger partial charge is 0.496 e. The Labute approximate surface area is 176 Å². The van der Waals surface area contributed by atoms with Gasteiger partial charge in [0.1, 0.15) is 10.1 Å². The quantitative estimate of drug-likeness (QED) is 0.420. The van der Waals surface area contributed by atoms with Crippen molar-refractivity contribution in [3.05, 3.63) is 22.6 Å². The number of ether oxygens (including phenoxy) is 3. The topological polar surface area (TPSA) is 51.2 Å². The Morgan fingerprint density at radius 3 is 2.25 bits per heavy atom. The number of rotatable bonds is 10. The van der Waals surface area contributed by atoms with E-state index in [1.54, 1.807) is 44.4 Å². The number of hydrogen-bond donors (Lipinski definition) is 0. The standard InChI is InChI=1S/C20H28N2O4S2/c1-6-21(7-2)9-8-10-22-19(23)18(28-20(22)27)12-14-11-16(25-4)17(26-5)13-15(14)24-3/h11-13H,6-10H2,1-5H3. The van der Waals surface area contributed by atoms with Crippen molar-refractivity contribution in [2.24, 2.45) is 0 Å². The molecular weight excluding hydrogens is 396 g/mol. The molecule has 1 aliphatic heterocycles. The highest BCUT2D eigenvalue weighted by atomic mass is 32.2. The first-order chi connectivity index (χ1) is 13.5. The van der Waals surface area contributed by atoms with E-state index in [-0.39, 0.29) is 5.91 Å². The summed E-state index contributed by atoms with van der Waals surface area (Å²) in [6.45, 7) is 7.88. The molecule has 0 aromatic heterocycles. The lowest BCUT2D eigenvalue weighted by atomic mass is 10.1. The molecule has 0 atom stereocenters. The lowest BCUT2D eigenvalue weighted by molar-refractivity contribution is -0.122. The van der Waals surface area contributed by atoms with Gasteiger partial charge in [0.2, 0.25) is 0 Å². The number of carbonyl (C=O) groups excluding carboxylic acids is 1. The third-order valence-electron chi connectivity index (χ3n) is 4.65. The molecule has 1 heterocycles. The van der Waals surface area contributed by atoms with E-state index in [1.165, 1.54) is 11.8 Å². The summed E-state index contributed by atoms with van der Waals surface area (Å²) < 4.78 is 16.7. The molecule has 1 aliphatic rings. The van der Waals surface area contributed by atoms with Crippen molar-refractivity contribution in [3.63, 3.8) is 0 Å². The maximum atomic E-state index is 12.9. The normalized spacial score (nSPS) is 15.6. The smallest absolute Gasteiger partial charge is 0.266 e. The van der Waals surface area contributed by atoms with Crippen LogP contribution in [0, 0.1) is 0 Å². The molecule has 0 spiro atoms. The van der Waals surface area contributed by atoms with Gasteiger partial charge in [-0.2, -0.15) is 0 Å². The number of benzene rings is 1. The molecule has 1 aromatic carbocycles. The van der Waals surface area contributed by atoms with Gasteiger partial charge < -0.3 is 19.1 Å². The van der Waals surface area contributed by atoms with Crippen LogP contribution >= 0.6 is 24.0 Å². The Morgan fingerprint density at radius 1 is 1.07 bits per heavy atom. The van der Waals surface area contributed by atoms with E-state index in [2.05, 4.69) is 18.7 Å². The fraction of sp³-hybridized carbons (Fsp3) is 0.500. The van der Waals surface area contributed by atoms with Crippen LogP contribution in [-0.4, -0.2) is 67.5 Å². The monoisotopic (exact) mass is 424 g/mol. The van der Waals surface area contributed by atoms with Crippen molar-refractivity contribution in [1.82, 2.24) is 9.80 Å². The predicted molar refractivity (Wildman–Crippen MR) is 118 cm³/mol. The van der Waals surface area contributed by atoms with Crippen LogP contribution in [0.1, 0.15) is 25.8 Å². The first-order valence-electron chi connectivity index (χ1n) is 9.26. The van der Waals surface area contributed by atoms with Crippen molar-refractivity contribution in [2.45, 2.75) is 20.3 Å². The van der Waals surface area contributed by atoms with Crippen LogP contribution < -0.4 is 14.2 Å². The van der Waals surface area contributed by atoms with E-state index < -0.39 is 0 Å². The van der Waals surface area contributed by atoms with Gasteiger partial charge in [-0.05, 0) is 38.2 Å². The summed E-state index contributed by atoms with van der Waals surface area (Å²) in [6.07, 6.45) is 2.69. The average molecular weight is 425 g/mol. The van der Waals surface area contributed by atoms with Crippen LogP contribution in [0.15, 0.2) is 17.0 Å². The van der Waals surface area contributed by atoms with Crippen molar-refractivity contribution in [3.8, 4) is 17.2 Å². The van der Waals surface area contributed by atoms with E-state index in [9.17, 15) is 4.79 Å². The van der Waals surface area contributed by atoms with Gasteiger partial charge >= 0.3 is 0 Å². The molecule has 0 bridgehead atoms. The van der Waals surface area contributed by atoms with Crippen LogP contribution in [0.5, 0.6) is 17.2 Å². The van der Waals surface area contributed by atoms with Gasteiger partial charge in [-0.3, -0.25) is 9.69 Å².